The van der Waals surface area contributed by atoms with Gasteiger partial charge in [-0.1, -0.05) is 18.2 Å². The predicted molar refractivity (Wildman–Crippen MR) is 121 cm³/mol. The number of hydrogen-bond donors (Lipinski definition) is 6. The first kappa shape index (κ1) is 19.5. The van der Waals surface area contributed by atoms with Gasteiger partial charge in [0.1, 0.15) is 5.82 Å². The van der Waals surface area contributed by atoms with Crippen molar-refractivity contribution in [1.29, 1.82) is 0 Å². The molecule has 3 aromatic rings. The average Bonchev–Trinajstić information content (AvgIpc) is 3.28. The molecule has 2 aromatic carbocycles. The van der Waals surface area contributed by atoms with E-state index < -0.39 is 0 Å². The molecule has 0 atom stereocenters. The monoisotopic (exact) mass is 403 g/mol. The van der Waals surface area contributed by atoms with Gasteiger partial charge in [-0.25, -0.2) is 10.5 Å². The number of nitrogens with zero attached hydrogens (tertiary/aromatic N) is 3. The van der Waals surface area contributed by atoms with Crippen LogP contribution in [0.25, 0.3) is 11.3 Å². The normalized spacial score (nSPS) is 12.7. The Hall–Kier alpha value is -3.85. The van der Waals surface area contributed by atoms with E-state index in [-0.39, 0.29) is 5.95 Å². The molecule has 2 heterocycles. The first-order chi connectivity index (χ1) is 14.6. The quantitative estimate of drug-likeness (QED) is 0.332. The van der Waals surface area contributed by atoms with Crippen LogP contribution in [-0.4, -0.2) is 28.9 Å². The summed E-state index contributed by atoms with van der Waals surface area (Å²) in [6.45, 7) is 5.59. The van der Waals surface area contributed by atoms with Crippen LogP contribution in [0.15, 0.2) is 53.6 Å². The van der Waals surface area contributed by atoms with Crippen LogP contribution < -0.4 is 32.9 Å². The summed E-state index contributed by atoms with van der Waals surface area (Å²) in [7, 11) is 0. The Labute approximate surface area is 175 Å². The molecule has 9 nitrogen and oxygen atoms in total. The molecule has 0 amide bonds. The number of nitrogen functional groups attached to an aromatic ring is 1. The maximum atomic E-state index is 5.94. The topological polar surface area (TPSA) is 124 Å². The summed E-state index contributed by atoms with van der Waals surface area (Å²) < 4.78 is 0. The number of nitrogens with two attached hydrogens (primary N) is 1. The molecule has 0 saturated heterocycles. The fourth-order valence-electron chi connectivity index (χ4n) is 3.20. The molecule has 7 N–H and O–H groups in total. The second-order valence-electron chi connectivity index (χ2n) is 7.00. The van der Waals surface area contributed by atoms with Crippen molar-refractivity contribution in [2.24, 2.45) is 5.10 Å². The number of hydrazine groups is 2. The van der Waals surface area contributed by atoms with Gasteiger partial charge >= 0.3 is 0 Å². The van der Waals surface area contributed by atoms with Crippen LogP contribution in [0.3, 0.4) is 0 Å². The lowest BCUT2D eigenvalue weighted by atomic mass is 10.0. The number of rotatable bonds is 7. The largest absolute Gasteiger partial charge is 0.383 e. The molecule has 0 radical (unpaired) electrons. The van der Waals surface area contributed by atoms with E-state index in [0.29, 0.717) is 12.4 Å². The number of hydrazone groups is 1. The number of amidine groups is 1. The van der Waals surface area contributed by atoms with Crippen LogP contribution in [0.5, 0.6) is 0 Å². The van der Waals surface area contributed by atoms with E-state index in [1.807, 2.05) is 36.4 Å². The lowest BCUT2D eigenvalue weighted by Crippen LogP contribution is -2.35. The van der Waals surface area contributed by atoms with E-state index in [9.17, 15) is 0 Å². The van der Waals surface area contributed by atoms with Crippen LogP contribution >= 0.6 is 0 Å². The molecule has 0 unspecified atom stereocenters. The Morgan fingerprint density at radius 2 is 1.77 bits per heavy atom. The third kappa shape index (κ3) is 4.41. The molecule has 1 aromatic heterocycles. The lowest BCUT2D eigenvalue weighted by molar-refractivity contribution is 0.577. The molecule has 0 bridgehead atoms. The van der Waals surface area contributed by atoms with E-state index in [4.69, 9.17) is 5.73 Å². The average molecular weight is 403 g/mol. The van der Waals surface area contributed by atoms with Crippen LogP contribution in [0, 0.1) is 13.8 Å². The van der Waals surface area contributed by atoms with E-state index in [0.717, 1.165) is 34.9 Å². The number of aryl methyl sites for hydroxylation is 1. The Balaban J connectivity index is 1.35. The maximum absolute atomic E-state index is 5.94. The fourth-order valence-corrected chi connectivity index (χ4v) is 3.20. The minimum atomic E-state index is 0.256. The number of anilines is 3. The number of hydrogen-bond acceptors (Lipinski definition) is 9. The predicted octanol–water partition coefficient (Wildman–Crippen LogP) is 2.14. The van der Waals surface area contributed by atoms with Gasteiger partial charge in [0.25, 0.3) is 0 Å². The van der Waals surface area contributed by atoms with E-state index in [1.165, 1.54) is 11.1 Å². The molecule has 154 valence electrons. The maximum Gasteiger partial charge on any atom is 0.222 e. The molecule has 1 aliphatic heterocycles. The van der Waals surface area contributed by atoms with Crippen molar-refractivity contribution >= 4 is 23.3 Å². The molecule has 0 spiro atoms. The van der Waals surface area contributed by atoms with E-state index in [2.05, 4.69) is 68.2 Å². The Bertz CT molecular complexity index is 1060. The second-order valence-corrected chi connectivity index (χ2v) is 7.00. The van der Waals surface area contributed by atoms with Crippen LogP contribution in [0.4, 0.5) is 17.5 Å². The Kier molecular flexibility index (Phi) is 5.62. The highest BCUT2D eigenvalue weighted by atomic mass is 15.8. The summed E-state index contributed by atoms with van der Waals surface area (Å²) in [5, 5.41) is 10.8. The smallest absolute Gasteiger partial charge is 0.222 e. The highest BCUT2D eigenvalue weighted by Gasteiger charge is 2.09. The van der Waals surface area contributed by atoms with Gasteiger partial charge in [0.15, 0.2) is 5.84 Å². The second kappa shape index (κ2) is 8.66. The van der Waals surface area contributed by atoms with Gasteiger partial charge in [0.05, 0.1) is 5.69 Å². The van der Waals surface area contributed by atoms with Gasteiger partial charge < -0.3 is 16.4 Å². The molecular formula is C21H25N9. The van der Waals surface area contributed by atoms with Gasteiger partial charge in [-0.05, 0) is 49.2 Å². The van der Waals surface area contributed by atoms with Gasteiger partial charge in [-0.3, -0.25) is 5.43 Å². The molecule has 9 heteroatoms. The van der Waals surface area contributed by atoms with Gasteiger partial charge in [0, 0.05) is 36.0 Å². The third-order valence-electron chi connectivity index (χ3n) is 4.95. The van der Waals surface area contributed by atoms with Crippen LogP contribution in [-0.2, 0) is 0 Å². The molecule has 0 fully saturated rings. The fraction of sp³-hybridized carbons (Fsp3) is 0.190. The zero-order valence-electron chi connectivity index (χ0n) is 17.0. The molecular weight excluding hydrogens is 378 g/mol. The standard InChI is InChI=1S/C21H25N9/c1-13-4-3-5-17(14(13)2)18-12-19(26-21(22)25-18)24-11-10-23-16-8-6-15(7-9-16)20-27-29-30-28-20/h3-9,12,23,29-30H,10-11H2,1-2H3,(H,27,28)(H3,22,24,25,26). The lowest BCUT2D eigenvalue weighted by Gasteiger charge is -2.12. The van der Waals surface area contributed by atoms with Crippen LogP contribution in [0.2, 0.25) is 0 Å². The minimum absolute atomic E-state index is 0.256. The summed E-state index contributed by atoms with van der Waals surface area (Å²) in [4.78, 5) is 8.72. The summed E-state index contributed by atoms with van der Waals surface area (Å²) in [6.07, 6.45) is 0. The summed E-state index contributed by atoms with van der Waals surface area (Å²) >= 11 is 0. The van der Waals surface area contributed by atoms with Crippen molar-refractivity contribution in [1.82, 2.24) is 26.5 Å². The van der Waals surface area contributed by atoms with Crippen molar-refractivity contribution in [2.75, 3.05) is 29.5 Å². The number of aromatic nitrogens is 2. The molecule has 30 heavy (non-hydrogen) atoms. The van der Waals surface area contributed by atoms with Crippen molar-refractivity contribution < 1.29 is 0 Å². The van der Waals surface area contributed by atoms with E-state index in [1.54, 1.807) is 0 Å². The highest BCUT2D eigenvalue weighted by Crippen LogP contribution is 2.26. The highest BCUT2D eigenvalue weighted by molar-refractivity contribution is 5.99. The zero-order valence-corrected chi connectivity index (χ0v) is 17.0. The van der Waals surface area contributed by atoms with Crippen molar-refractivity contribution in [2.45, 2.75) is 13.8 Å². The van der Waals surface area contributed by atoms with Crippen LogP contribution in [0.1, 0.15) is 16.7 Å². The van der Waals surface area contributed by atoms with Gasteiger partial charge in [-0.15, -0.1) is 10.6 Å². The summed E-state index contributed by atoms with van der Waals surface area (Å²) in [5.74, 6) is 1.72. The van der Waals surface area contributed by atoms with Gasteiger partial charge in [-0.2, -0.15) is 4.98 Å². The first-order valence-corrected chi connectivity index (χ1v) is 9.73. The molecule has 0 aliphatic carbocycles. The Morgan fingerprint density at radius 1 is 0.967 bits per heavy atom. The van der Waals surface area contributed by atoms with Crippen molar-refractivity contribution in [3.63, 3.8) is 0 Å². The van der Waals surface area contributed by atoms with Gasteiger partial charge in [0.2, 0.25) is 5.95 Å². The summed E-state index contributed by atoms with van der Waals surface area (Å²) in [6, 6.07) is 16.1. The SMILES string of the molecule is Cc1cccc(-c2cc(NCCNc3ccc(C4=NNNN4)cc3)nc(N)n2)c1C. The summed E-state index contributed by atoms with van der Waals surface area (Å²) in [5.41, 5.74) is 20.6. The number of benzene rings is 2. The Morgan fingerprint density at radius 3 is 2.53 bits per heavy atom. The number of nitrogens with one attached hydrogen (secondary N) is 5. The van der Waals surface area contributed by atoms with Crippen molar-refractivity contribution in [3.05, 3.63) is 65.2 Å². The molecule has 4 rings (SSSR count). The molecule has 1 aliphatic rings. The first-order valence-electron chi connectivity index (χ1n) is 9.73. The molecule has 0 saturated carbocycles. The third-order valence-corrected chi connectivity index (χ3v) is 4.95. The zero-order chi connectivity index (χ0) is 20.9. The van der Waals surface area contributed by atoms with Crippen molar-refractivity contribution in [3.8, 4) is 11.3 Å². The van der Waals surface area contributed by atoms with E-state index >= 15 is 0 Å². The minimum Gasteiger partial charge on any atom is -0.383 e.